The number of nitrogens with one attached hydrogen (secondary N) is 1. The SMILES string of the molecule is O=C(O)COc1ncc(NC(=O)c2cc(C(F)(F)F)nc(-n3ccnc3)n2)cn1. The van der Waals surface area contributed by atoms with E-state index in [-0.39, 0.29) is 11.7 Å². The van der Waals surface area contributed by atoms with E-state index in [2.05, 4.69) is 30.2 Å². The molecular weight excluding hydrogens is 399 g/mol. The first-order valence-corrected chi connectivity index (χ1v) is 7.65. The van der Waals surface area contributed by atoms with Crippen LogP contribution in [-0.4, -0.2) is 53.1 Å². The quantitative estimate of drug-likeness (QED) is 0.613. The van der Waals surface area contributed by atoms with Gasteiger partial charge in [0.15, 0.2) is 12.3 Å². The number of hydrogen-bond donors (Lipinski definition) is 2. The van der Waals surface area contributed by atoms with E-state index in [1.54, 1.807) is 0 Å². The number of alkyl halides is 3. The lowest BCUT2D eigenvalue weighted by Crippen LogP contribution is -2.19. The van der Waals surface area contributed by atoms with E-state index in [0.717, 1.165) is 17.0 Å². The number of carboxylic acids is 1. The Balaban J connectivity index is 1.83. The molecule has 0 radical (unpaired) electrons. The van der Waals surface area contributed by atoms with Crippen LogP contribution < -0.4 is 10.1 Å². The largest absolute Gasteiger partial charge is 0.479 e. The molecule has 3 aromatic rings. The number of aromatic nitrogens is 6. The number of aliphatic carboxylic acids is 1. The van der Waals surface area contributed by atoms with Crippen molar-refractivity contribution < 1.29 is 32.6 Å². The smallest absolute Gasteiger partial charge is 0.433 e. The molecule has 3 rings (SSSR count). The number of anilines is 1. The third-order valence-electron chi connectivity index (χ3n) is 3.18. The Hall–Kier alpha value is -4.10. The zero-order valence-corrected chi connectivity index (χ0v) is 14.2. The van der Waals surface area contributed by atoms with Crippen LogP contribution in [0.25, 0.3) is 5.95 Å². The Kier molecular flexibility index (Phi) is 5.34. The average Bonchev–Trinajstić information content (AvgIpc) is 3.21. The third kappa shape index (κ3) is 5.00. The maximum Gasteiger partial charge on any atom is 0.433 e. The summed E-state index contributed by atoms with van der Waals surface area (Å²) in [6.45, 7) is -0.663. The summed E-state index contributed by atoms with van der Waals surface area (Å²) < 4.78 is 45.2. The Labute approximate surface area is 159 Å². The highest BCUT2D eigenvalue weighted by Crippen LogP contribution is 2.28. The molecule has 150 valence electrons. The van der Waals surface area contributed by atoms with Gasteiger partial charge in [-0.1, -0.05) is 0 Å². The standard InChI is InChI=1S/C15H10F3N7O4/c16-15(17,18)10-3-9(23-13(24-10)25-2-1-19-7-25)12(28)22-8-4-20-14(21-5-8)29-6-11(26)27/h1-5,7H,6H2,(H,22,28)(H,26,27). The molecule has 3 heterocycles. The summed E-state index contributed by atoms with van der Waals surface area (Å²) in [5, 5.41) is 10.8. The molecule has 14 heteroatoms. The van der Waals surface area contributed by atoms with Gasteiger partial charge in [0.2, 0.25) is 5.95 Å². The number of carboxylic acid groups (broad SMARTS) is 1. The molecule has 3 aromatic heterocycles. The van der Waals surface area contributed by atoms with Gasteiger partial charge in [0.05, 0.1) is 18.1 Å². The van der Waals surface area contributed by atoms with E-state index in [0.29, 0.717) is 6.07 Å². The number of amides is 1. The molecule has 29 heavy (non-hydrogen) atoms. The molecule has 0 saturated carbocycles. The first kappa shape index (κ1) is 19.7. The van der Waals surface area contributed by atoms with Crippen molar-refractivity contribution in [2.75, 3.05) is 11.9 Å². The highest BCUT2D eigenvalue weighted by molar-refractivity contribution is 6.02. The molecule has 11 nitrogen and oxygen atoms in total. The van der Waals surface area contributed by atoms with Crippen LogP contribution in [0, 0.1) is 0 Å². The number of imidazole rings is 1. The van der Waals surface area contributed by atoms with E-state index < -0.39 is 42.0 Å². The van der Waals surface area contributed by atoms with Crippen molar-refractivity contribution in [3.05, 3.63) is 48.6 Å². The van der Waals surface area contributed by atoms with Crippen molar-refractivity contribution in [2.45, 2.75) is 6.18 Å². The van der Waals surface area contributed by atoms with Crippen LogP contribution in [0.1, 0.15) is 16.2 Å². The molecule has 0 fully saturated rings. The van der Waals surface area contributed by atoms with E-state index in [1.807, 2.05) is 0 Å². The fourth-order valence-electron chi connectivity index (χ4n) is 1.97. The predicted octanol–water partition coefficient (Wildman–Crippen LogP) is 1.19. The van der Waals surface area contributed by atoms with E-state index in [9.17, 15) is 22.8 Å². The minimum Gasteiger partial charge on any atom is -0.479 e. The van der Waals surface area contributed by atoms with Crippen molar-refractivity contribution >= 4 is 17.6 Å². The van der Waals surface area contributed by atoms with Gasteiger partial charge in [-0.05, 0) is 0 Å². The molecule has 0 aliphatic heterocycles. The number of halogens is 3. The number of hydrogen-bond acceptors (Lipinski definition) is 8. The van der Waals surface area contributed by atoms with Gasteiger partial charge < -0.3 is 15.2 Å². The van der Waals surface area contributed by atoms with Crippen molar-refractivity contribution in [3.63, 3.8) is 0 Å². The summed E-state index contributed by atoms with van der Waals surface area (Å²) in [5.74, 6) is -2.60. The first-order valence-electron chi connectivity index (χ1n) is 7.65. The average molecular weight is 409 g/mol. The Bertz CT molecular complexity index is 1020. The highest BCUT2D eigenvalue weighted by atomic mass is 19.4. The van der Waals surface area contributed by atoms with Crippen LogP contribution >= 0.6 is 0 Å². The van der Waals surface area contributed by atoms with Crippen LogP contribution in [0.3, 0.4) is 0 Å². The van der Waals surface area contributed by atoms with Crippen LogP contribution in [0.5, 0.6) is 6.01 Å². The van der Waals surface area contributed by atoms with Crippen molar-refractivity contribution in [1.82, 2.24) is 29.5 Å². The molecule has 0 unspecified atom stereocenters. The van der Waals surface area contributed by atoms with Gasteiger partial charge in [0.25, 0.3) is 5.91 Å². The van der Waals surface area contributed by atoms with Crippen LogP contribution in [-0.2, 0) is 11.0 Å². The van der Waals surface area contributed by atoms with Crippen LogP contribution in [0.15, 0.2) is 37.2 Å². The zero-order chi connectivity index (χ0) is 21.0. The van der Waals surface area contributed by atoms with Crippen LogP contribution in [0.4, 0.5) is 18.9 Å². The minimum atomic E-state index is -4.81. The first-order chi connectivity index (χ1) is 13.7. The molecule has 0 aromatic carbocycles. The molecule has 0 atom stereocenters. The number of nitrogens with zero attached hydrogens (tertiary/aromatic N) is 6. The maximum atomic E-state index is 13.1. The summed E-state index contributed by atoms with van der Waals surface area (Å²) in [6, 6.07) is 0.246. The van der Waals surface area contributed by atoms with E-state index in [4.69, 9.17) is 9.84 Å². The second kappa shape index (κ2) is 7.87. The van der Waals surface area contributed by atoms with Gasteiger partial charge in [0.1, 0.15) is 12.0 Å². The minimum absolute atomic E-state index is 0.0222. The molecule has 1 amide bonds. The molecule has 0 bridgehead atoms. The number of rotatable bonds is 6. The normalized spacial score (nSPS) is 11.1. The lowest BCUT2D eigenvalue weighted by atomic mass is 10.3. The van der Waals surface area contributed by atoms with Crippen molar-refractivity contribution in [3.8, 4) is 12.0 Å². The Morgan fingerprint density at radius 3 is 2.52 bits per heavy atom. The number of carbonyl (C=O) groups excluding carboxylic acids is 1. The van der Waals surface area contributed by atoms with Gasteiger partial charge in [-0.2, -0.15) is 13.2 Å². The van der Waals surface area contributed by atoms with Crippen LogP contribution in [0.2, 0.25) is 0 Å². The monoisotopic (exact) mass is 409 g/mol. The molecule has 0 aliphatic carbocycles. The summed E-state index contributed by atoms with van der Waals surface area (Å²) in [7, 11) is 0. The molecule has 0 spiro atoms. The number of carbonyl (C=O) groups is 2. The van der Waals surface area contributed by atoms with E-state index in [1.165, 1.54) is 18.7 Å². The summed E-state index contributed by atoms with van der Waals surface area (Å²) in [5.41, 5.74) is -1.84. The lowest BCUT2D eigenvalue weighted by Gasteiger charge is -2.11. The van der Waals surface area contributed by atoms with Gasteiger partial charge in [-0.25, -0.2) is 29.7 Å². The van der Waals surface area contributed by atoms with Gasteiger partial charge in [-0.3, -0.25) is 9.36 Å². The van der Waals surface area contributed by atoms with Crippen molar-refractivity contribution in [2.24, 2.45) is 0 Å². The maximum absolute atomic E-state index is 13.1. The van der Waals surface area contributed by atoms with Gasteiger partial charge >= 0.3 is 18.2 Å². The lowest BCUT2D eigenvalue weighted by molar-refractivity contribution is -0.141. The fourth-order valence-corrected chi connectivity index (χ4v) is 1.97. The second-order valence-electron chi connectivity index (χ2n) is 5.30. The third-order valence-corrected chi connectivity index (χ3v) is 3.18. The molecular formula is C15H10F3N7O4. The molecule has 0 aliphatic rings. The molecule has 2 N–H and O–H groups in total. The van der Waals surface area contributed by atoms with E-state index >= 15 is 0 Å². The summed E-state index contributed by atoms with van der Waals surface area (Å²) >= 11 is 0. The second-order valence-corrected chi connectivity index (χ2v) is 5.30. The Morgan fingerprint density at radius 2 is 1.93 bits per heavy atom. The predicted molar refractivity (Wildman–Crippen MR) is 87.3 cm³/mol. The zero-order valence-electron chi connectivity index (χ0n) is 14.2. The summed E-state index contributed by atoms with van der Waals surface area (Å²) in [6.07, 6.45) is 1.19. The fraction of sp³-hybridized carbons (Fsp3) is 0.133. The summed E-state index contributed by atoms with van der Waals surface area (Å²) in [4.78, 5) is 41.1. The highest BCUT2D eigenvalue weighted by Gasteiger charge is 2.34. The topological polar surface area (TPSA) is 145 Å². The van der Waals surface area contributed by atoms with Gasteiger partial charge in [-0.15, -0.1) is 0 Å². The van der Waals surface area contributed by atoms with Gasteiger partial charge in [0, 0.05) is 18.5 Å². The van der Waals surface area contributed by atoms with Crippen molar-refractivity contribution in [1.29, 1.82) is 0 Å². The Morgan fingerprint density at radius 1 is 1.21 bits per heavy atom. The number of ether oxygens (including phenoxy) is 1. The molecule has 0 saturated heterocycles.